The van der Waals surface area contributed by atoms with Crippen molar-refractivity contribution < 1.29 is 0 Å². The molecule has 0 spiro atoms. The molecule has 1 aliphatic rings. The van der Waals surface area contributed by atoms with Crippen LogP contribution in [0.25, 0.3) is 0 Å². The van der Waals surface area contributed by atoms with Gasteiger partial charge in [-0.2, -0.15) is 0 Å². The van der Waals surface area contributed by atoms with Crippen molar-refractivity contribution in [3.63, 3.8) is 0 Å². The van der Waals surface area contributed by atoms with Crippen molar-refractivity contribution in [3.05, 3.63) is 35.9 Å². The minimum Gasteiger partial charge on any atom is -0.320 e. The maximum absolute atomic E-state index is 6.84. The van der Waals surface area contributed by atoms with Crippen LogP contribution >= 0.6 is 0 Å². The molecule has 0 bridgehead atoms. The Morgan fingerprint density at radius 1 is 1.06 bits per heavy atom. The highest BCUT2D eigenvalue weighted by Gasteiger charge is 2.40. The van der Waals surface area contributed by atoms with Crippen LogP contribution < -0.4 is 5.73 Å². The second-order valence-electron chi connectivity index (χ2n) is 5.87. The summed E-state index contributed by atoms with van der Waals surface area (Å²) in [7, 11) is 0. The molecule has 2 unspecified atom stereocenters. The first-order valence-corrected chi connectivity index (χ1v) is 7.15. The van der Waals surface area contributed by atoms with Gasteiger partial charge in [0.15, 0.2) is 0 Å². The molecule has 0 saturated carbocycles. The molecule has 2 nitrogen and oxygen atoms in total. The molecule has 1 aromatic carbocycles. The second-order valence-corrected chi connectivity index (χ2v) is 5.87. The molecule has 1 heterocycles. The van der Waals surface area contributed by atoms with E-state index >= 15 is 0 Å². The first-order valence-electron chi connectivity index (χ1n) is 7.15. The van der Waals surface area contributed by atoms with Crippen LogP contribution in [-0.4, -0.2) is 24.0 Å². The maximum atomic E-state index is 6.84. The van der Waals surface area contributed by atoms with Crippen molar-refractivity contribution in [2.45, 2.75) is 45.2 Å². The average Bonchev–Trinajstić information content (AvgIpc) is 2.91. The number of nitrogens with zero attached hydrogens (tertiary/aromatic N) is 1. The van der Waals surface area contributed by atoms with E-state index in [-0.39, 0.29) is 5.54 Å². The molecule has 0 amide bonds. The van der Waals surface area contributed by atoms with Crippen LogP contribution in [0.5, 0.6) is 0 Å². The third kappa shape index (κ3) is 2.32. The van der Waals surface area contributed by atoms with E-state index in [9.17, 15) is 0 Å². The zero-order chi connectivity index (χ0) is 13.2. The minimum absolute atomic E-state index is 0.258. The van der Waals surface area contributed by atoms with Gasteiger partial charge in [0.25, 0.3) is 0 Å². The SMILES string of the molecule is CC(C)C(N)(c1ccccc1)C(C)N1CCCC1. The normalized spacial score (nSPS) is 22.1. The van der Waals surface area contributed by atoms with E-state index in [1.54, 1.807) is 0 Å². The zero-order valence-electron chi connectivity index (χ0n) is 11.9. The van der Waals surface area contributed by atoms with Crippen molar-refractivity contribution >= 4 is 0 Å². The standard InChI is InChI=1S/C16H26N2/c1-13(2)16(17,15-9-5-4-6-10-15)14(3)18-11-7-8-12-18/h4-6,9-10,13-14H,7-8,11-12,17H2,1-3H3. The lowest BCUT2D eigenvalue weighted by Crippen LogP contribution is -2.57. The van der Waals surface area contributed by atoms with Crippen molar-refractivity contribution in [2.75, 3.05) is 13.1 Å². The summed E-state index contributed by atoms with van der Waals surface area (Å²) in [6.45, 7) is 9.15. The Morgan fingerprint density at radius 3 is 2.11 bits per heavy atom. The van der Waals surface area contributed by atoms with Gasteiger partial charge >= 0.3 is 0 Å². The molecular formula is C16H26N2. The predicted molar refractivity (Wildman–Crippen MR) is 77.4 cm³/mol. The number of likely N-dealkylation sites (tertiary alicyclic amines) is 1. The minimum atomic E-state index is -0.258. The fraction of sp³-hybridized carbons (Fsp3) is 0.625. The summed E-state index contributed by atoms with van der Waals surface area (Å²) in [5.74, 6) is 0.426. The molecule has 2 N–H and O–H groups in total. The Balaban J connectivity index is 2.31. The van der Waals surface area contributed by atoms with Crippen LogP contribution in [0, 0.1) is 5.92 Å². The Labute approximate surface area is 111 Å². The van der Waals surface area contributed by atoms with E-state index in [4.69, 9.17) is 5.73 Å². The lowest BCUT2D eigenvalue weighted by atomic mass is 9.75. The molecule has 100 valence electrons. The highest BCUT2D eigenvalue weighted by Crippen LogP contribution is 2.34. The van der Waals surface area contributed by atoms with Gasteiger partial charge in [-0.1, -0.05) is 44.2 Å². The smallest absolute Gasteiger partial charge is 0.0587 e. The number of benzene rings is 1. The lowest BCUT2D eigenvalue weighted by Gasteiger charge is -2.44. The highest BCUT2D eigenvalue weighted by atomic mass is 15.2. The molecule has 2 heteroatoms. The summed E-state index contributed by atoms with van der Waals surface area (Å²) in [5.41, 5.74) is 7.85. The molecule has 18 heavy (non-hydrogen) atoms. The third-order valence-corrected chi connectivity index (χ3v) is 4.61. The van der Waals surface area contributed by atoms with Crippen LogP contribution in [0.4, 0.5) is 0 Å². The van der Waals surface area contributed by atoms with Gasteiger partial charge < -0.3 is 5.73 Å². The quantitative estimate of drug-likeness (QED) is 0.885. The monoisotopic (exact) mass is 246 g/mol. The molecule has 0 radical (unpaired) electrons. The molecule has 2 atom stereocenters. The molecule has 0 aliphatic carbocycles. The largest absolute Gasteiger partial charge is 0.320 e. The van der Waals surface area contributed by atoms with E-state index in [0.29, 0.717) is 12.0 Å². The Bertz CT molecular complexity index is 368. The van der Waals surface area contributed by atoms with E-state index in [1.807, 2.05) is 0 Å². The van der Waals surface area contributed by atoms with Gasteiger partial charge in [-0.3, -0.25) is 4.90 Å². The zero-order valence-corrected chi connectivity index (χ0v) is 11.9. The van der Waals surface area contributed by atoms with Crippen LogP contribution in [0.2, 0.25) is 0 Å². The number of hydrogen-bond donors (Lipinski definition) is 1. The van der Waals surface area contributed by atoms with Crippen LogP contribution in [0.15, 0.2) is 30.3 Å². The maximum Gasteiger partial charge on any atom is 0.0587 e. The van der Waals surface area contributed by atoms with Crippen molar-refractivity contribution in [1.82, 2.24) is 4.90 Å². The first kappa shape index (κ1) is 13.6. The summed E-state index contributed by atoms with van der Waals surface area (Å²) >= 11 is 0. The molecule has 1 fully saturated rings. The number of nitrogens with two attached hydrogens (primary N) is 1. The summed E-state index contributed by atoms with van der Waals surface area (Å²) < 4.78 is 0. The van der Waals surface area contributed by atoms with E-state index in [1.165, 1.54) is 31.5 Å². The molecule has 2 rings (SSSR count). The number of rotatable bonds is 4. The van der Waals surface area contributed by atoms with Gasteiger partial charge in [0.05, 0.1) is 5.54 Å². The predicted octanol–water partition coefficient (Wildman–Crippen LogP) is 2.98. The highest BCUT2D eigenvalue weighted by molar-refractivity contribution is 5.27. The topological polar surface area (TPSA) is 29.3 Å². The second kappa shape index (κ2) is 5.41. The summed E-state index contributed by atoms with van der Waals surface area (Å²) in [5, 5.41) is 0. The van der Waals surface area contributed by atoms with Crippen molar-refractivity contribution in [1.29, 1.82) is 0 Å². The summed E-state index contributed by atoms with van der Waals surface area (Å²) in [6, 6.07) is 11.0. The third-order valence-electron chi connectivity index (χ3n) is 4.61. The molecule has 1 aliphatic heterocycles. The van der Waals surface area contributed by atoms with Gasteiger partial charge in [0, 0.05) is 6.04 Å². The number of hydrogen-bond acceptors (Lipinski definition) is 2. The van der Waals surface area contributed by atoms with E-state index in [0.717, 1.165) is 0 Å². The van der Waals surface area contributed by atoms with Crippen LogP contribution in [0.3, 0.4) is 0 Å². The lowest BCUT2D eigenvalue weighted by molar-refractivity contribution is 0.122. The van der Waals surface area contributed by atoms with Crippen LogP contribution in [-0.2, 0) is 5.54 Å². The summed E-state index contributed by atoms with van der Waals surface area (Å²) in [4.78, 5) is 2.55. The van der Waals surface area contributed by atoms with Gasteiger partial charge in [-0.15, -0.1) is 0 Å². The molecule has 1 aromatic rings. The van der Waals surface area contributed by atoms with Gasteiger partial charge in [0.2, 0.25) is 0 Å². The van der Waals surface area contributed by atoms with Gasteiger partial charge in [-0.25, -0.2) is 0 Å². The molecular weight excluding hydrogens is 220 g/mol. The fourth-order valence-corrected chi connectivity index (χ4v) is 3.21. The van der Waals surface area contributed by atoms with E-state index in [2.05, 4.69) is 56.0 Å². The Morgan fingerprint density at radius 2 is 1.61 bits per heavy atom. The van der Waals surface area contributed by atoms with Crippen molar-refractivity contribution in [3.8, 4) is 0 Å². The molecule has 1 saturated heterocycles. The average molecular weight is 246 g/mol. The van der Waals surface area contributed by atoms with Crippen molar-refractivity contribution in [2.24, 2.45) is 11.7 Å². The van der Waals surface area contributed by atoms with E-state index < -0.39 is 0 Å². The summed E-state index contributed by atoms with van der Waals surface area (Å²) in [6.07, 6.45) is 2.63. The van der Waals surface area contributed by atoms with Gasteiger partial charge in [0.1, 0.15) is 0 Å². The fourth-order valence-electron chi connectivity index (χ4n) is 3.21. The molecule has 0 aromatic heterocycles. The van der Waals surface area contributed by atoms with Crippen LogP contribution in [0.1, 0.15) is 39.2 Å². The Hall–Kier alpha value is -0.860. The first-order chi connectivity index (χ1) is 8.56. The van der Waals surface area contributed by atoms with Gasteiger partial charge in [-0.05, 0) is 44.3 Å². The Kier molecular flexibility index (Phi) is 4.08.